The molecule has 0 fully saturated rings. The quantitative estimate of drug-likeness (QED) is 0.420. The van der Waals surface area contributed by atoms with E-state index in [4.69, 9.17) is 18.8 Å². The minimum atomic E-state index is -3.26. The standard InChI is InChI=1S/C22H26NO4P/c1-4-26-28(24,27-5-2)16-21-17(3)22(19-13-9-10-14-20(19)23-21)25-15-18-11-7-6-8-12-18/h6-14H,4-5,15-16H2,1-3H3. The molecule has 0 unspecified atom stereocenters. The summed E-state index contributed by atoms with van der Waals surface area (Å²) in [4.78, 5) is 4.73. The van der Waals surface area contributed by atoms with Crippen LogP contribution < -0.4 is 4.74 Å². The number of rotatable bonds is 9. The van der Waals surface area contributed by atoms with Gasteiger partial charge < -0.3 is 13.8 Å². The molecule has 28 heavy (non-hydrogen) atoms. The molecule has 0 amide bonds. The van der Waals surface area contributed by atoms with E-state index in [2.05, 4.69) is 0 Å². The maximum atomic E-state index is 13.0. The predicted molar refractivity (Wildman–Crippen MR) is 112 cm³/mol. The highest BCUT2D eigenvalue weighted by Crippen LogP contribution is 2.52. The second-order valence-electron chi connectivity index (χ2n) is 6.41. The molecule has 1 heterocycles. The lowest BCUT2D eigenvalue weighted by molar-refractivity contribution is 0.219. The monoisotopic (exact) mass is 399 g/mol. The van der Waals surface area contributed by atoms with E-state index in [1.807, 2.05) is 61.5 Å². The Morgan fingerprint density at radius 3 is 2.25 bits per heavy atom. The summed E-state index contributed by atoms with van der Waals surface area (Å²) in [6.45, 7) is 6.64. The van der Waals surface area contributed by atoms with Gasteiger partial charge in [-0.2, -0.15) is 0 Å². The summed E-state index contributed by atoms with van der Waals surface area (Å²) in [5, 5.41) is 0.933. The van der Waals surface area contributed by atoms with Crippen LogP contribution in [-0.2, 0) is 26.4 Å². The van der Waals surface area contributed by atoms with Gasteiger partial charge in [-0.3, -0.25) is 9.55 Å². The van der Waals surface area contributed by atoms with Crippen LogP contribution >= 0.6 is 7.60 Å². The lowest BCUT2D eigenvalue weighted by Gasteiger charge is -2.20. The van der Waals surface area contributed by atoms with E-state index in [9.17, 15) is 4.57 Å². The largest absolute Gasteiger partial charge is 0.488 e. The van der Waals surface area contributed by atoms with E-state index in [-0.39, 0.29) is 6.16 Å². The maximum Gasteiger partial charge on any atom is 0.336 e. The van der Waals surface area contributed by atoms with Crippen molar-refractivity contribution in [2.45, 2.75) is 33.5 Å². The van der Waals surface area contributed by atoms with Crippen molar-refractivity contribution in [2.75, 3.05) is 13.2 Å². The van der Waals surface area contributed by atoms with Gasteiger partial charge in [0, 0.05) is 10.9 Å². The average Bonchev–Trinajstić information content (AvgIpc) is 2.69. The maximum absolute atomic E-state index is 13.0. The normalized spacial score (nSPS) is 11.7. The van der Waals surface area contributed by atoms with Gasteiger partial charge >= 0.3 is 7.60 Å². The van der Waals surface area contributed by atoms with E-state index < -0.39 is 7.60 Å². The number of hydrogen-bond acceptors (Lipinski definition) is 5. The van der Waals surface area contributed by atoms with Crippen molar-refractivity contribution < 1.29 is 18.3 Å². The molecule has 0 radical (unpaired) electrons. The first-order valence-corrected chi connectivity index (χ1v) is 11.2. The molecule has 0 saturated heterocycles. The molecular formula is C22H26NO4P. The van der Waals surface area contributed by atoms with Gasteiger partial charge in [-0.1, -0.05) is 42.5 Å². The third-order valence-corrected chi connectivity index (χ3v) is 6.39. The third-order valence-electron chi connectivity index (χ3n) is 4.40. The van der Waals surface area contributed by atoms with E-state index in [0.717, 1.165) is 27.8 Å². The predicted octanol–water partition coefficient (Wildman–Crippen LogP) is 5.89. The van der Waals surface area contributed by atoms with Gasteiger partial charge in [0.1, 0.15) is 12.4 Å². The fraction of sp³-hybridized carbons (Fsp3) is 0.318. The van der Waals surface area contributed by atoms with E-state index in [1.165, 1.54) is 0 Å². The van der Waals surface area contributed by atoms with Crippen molar-refractivity contribution in [1.82, 2.24) is 4.98 Å². The van der Waals surface area contributed by atoms with Gasteiger partial charge in [0.15, 0.2) is 0 Å². The Hall–Kier alpha value is -2.20. The molecule has 3 aromatic rings. The van der Waals surface area contributed by atoms with Crippen molar-refractivity contribution in [3.05, 3.63) is 71.4 Å². The van der Waals surface area contributed by atoms with E-state index >= 15 is 0 Å². The van der Waals surface area contributed by atoms with Gasteiger partial charge in [0.05, 0.1) is 30.6 Å². The van der Waals surface area contributed by atoms with Crippen LogP contribution in [0.25, 0.3) is 10.9 Å². The van der Waals surface area contributed by atoms with Crippen LogP contribution in [0.2, 0.25) is 0 Å². The van der Waals surface area contributed by atoms with Gasteiger partial charge in [0.2, 0.25) is 0 Å². The Kier molecular flexibility index (Phi) is 6.84. The second-order valence-corrected chi connectivity index (χ2v) is 8.46. The fourth-order valence-electron chi connectivity index (χ4n) is 3.10. The van der Waals surface area contributed by atoms with E-state index in [0.29, 0.717) is 25.5 Å². The number of aromatic nitrogens is 1. The molecule has 0 bridgehead atoms. The van der Waals surface area contributed by atoms with Gasteiger partial charge in [-0.15, -0.1) is 0 Å². The Balaban J connectivity index is 1.99. The first-order chi connectivity index (χ1) is 13.6. The first-order valence-electron chi connectivity index (χ1n) is 9.49. The molecule has 3 rings (SSSR count). The number of fused-ring (bicyclic) bond motifs is 1. The van der Waals surface area contributed by atoms with Crippen molar-refractivity contribution in [2.24, 2.45) is 0 Å². The smallest absolute Gasteiger partial charge is 0.336 e. The molecular weight excluding hydrogens is 373 g/mol. The van der Waals surface area contributed by atoms with Crippen LogP contribution in [0.15, 0.2) is 54.6 Å². The first kappa shape index (κ1) is 20.5. The van der Waals surface area contributed by atoms with Crippen molar-refractivity contribution in [1.29, 1.82) is 0 Å². The highest BCUT2D eigenvalue weighted by atomic mass is 31.2. The minimum absolute atomic E-state index is 0.118. The Bertz CT molecular complexity index is 965. The SMILES string of the molecule is CCOP(=O)(Cc1nc2ccccc2c(OCc2ccccc2)c1C)OCC. The van der Waals surface area contributed by atoms with Gasteiger partial charge in [-0.05, 0) is 38.5 Å². The third kappa shape index (κ3) is 4.79. The van der Waals surface area contributed by atoms with Crippen LogP contribution in [0, 0.1) is 6.92 Å². The Morgan fingerprint density at radius 1 is 0.929 bits per heavy atom. The van der Waals surface area contributed by atoms with E-state index in [1.54, 1.807) is 13.8 Å². The number of pyridine rings is 1. The lowest BCUT2D eigenvalue weighted by Crippen LogP contribution is -2.05. The van der Waals surface area contributed by atoms with Gasteiger partial charge in [-0.25, -0.2) is 0 Å². The van der Waals surface area contributed by atoms with Crippen LogP contribution in [0.4, 0.5) is 0 Å². The summed E-state index contributed by atoms with van der Waals surface area (Å²) in [6.07, 6.45) is 0.118. The molecule has 0 aliphatic carbocycles. The van der Waals surface area contributed by atoms with Crippen LogP contribution in [0.1, 0.15) is 30.7 Å². The average molecular weight is 399 g/mol. The van der Waals surface area contributed by atoms with Crippen molar-refractivity contribution >= 4 is 18.5 Å². The summed E-state index contributed by atoms with van der Waals surface area (Å²) in [5.41, 5.74) is 3.41. The fourth-order valence-corrected chi connectivity index (χ4v) is 4.82. The number of para-hydroxylation sites is 1. The summed E-state index contributed by atoms with van der Waals surface area (Å²) < 4.78 is 30.2. The number of nitrogens with zero attached hydrogens (tertiary/aromatic N) is 1. The molecule has 0 spiro atoms. The number of hydrogen-bond donors (Lipinski definition) is 0. The zero-order valence-electron chi connectivity index (χ0n) is 16.6. The zero-order valence-corrected chi connectivity index (χ0v) is 17.4. The Morgan fingerprint density at radius 2 is 1.57 bits per heavy atom. The highest BCUT2D eigenvalue weighted by Gasteiger charge is 2.27. The molecule has 0 N–H and O–H groups in total. The van der Waals surface area contributed by atoms with Gasteiger partial charge in [0.25, 0.3) is 0 Å². The van der Waals surface area contributed by atoms with Crippen LogP contribution in [0.3, 0.4) is 0 Å². The molecule has 6 heteroatoms. The second kappa shape index (κ2) is 9.33. The number of benzene rings is 2. The summed E-state index contributed by atoms with van der Waals surface area (Å²) in [6, 6.07) is 17.8. The molecule has 2 aromatic carbocycles. The van der Waals surface area contributed by atoms with Crippen LogP contribution in [-0.4, -0.2) is 18.2 Å². The van der Waals surface area contributed by atoms with Crippen molar-refractivity contribution in [3.63, 3.8) is 0 Å². The van der Waals surface area contributed by atoms with Crippen molar-refractivity contribution in [3.8, 4) is 5.75 Å². The number of ether oxygens (including phenoxy) is 1. The Labute approximate surface area is 166 Å². The zero-order chi connectivity index (χ0) is 20.0. The topological polar surface area (TPSA) is 57.7 Å². The molecule has 5 nitrogen and oxygen atoms in total. The summed E-state index contributed by atoms with van der Waals surface area (Å²) in [5.74, 6) is 0.754. The molecule has 0 saturated carbocycles. The molecule has 0 aliphatic rings. The minimum Gasteiger partial charge on any atom is -0.488 e. The van der Waals surface area contributed by atoms with Crippen LogP contribution in [0.5, 0.6) is 5.75 Å². The summed E-state index contributed by atoms with van der Waals surface area (Å²) >= 11 is 0. The molecule has 0 atom stereocenters. The highest BCUT2D eigenvalue weighted by molar-refractivity contribution is 7.53. The molecule has 1 aromatic heterocycles. The molecule has 148 valence electrons. The lowest BCUT2D eigenvalue weighted by atomic mass is 10.1. The molecule has 0 aliphatic heterocycles. The summed E-state index contributed by atoms with van der Waals surface area (Å²) in [7, 11) is -3.26.